The van der Waals surface area contributed by atoms with Crippen LogP contribution in [0.25, 0.3) is 11.0 Å². The van der Waals surface area contributed by atoms with Crippen LogP contribution in [0.1, 0.15) is 50.2 Å². The minimum Gasteiger partial charge on any atom is -0.325 e. The van der Waals surface area contributed by atoms with Gasteiger partial charge < -0.3 is 4.57 Å². The molecule has 3 rings (SSSR count). The van der Waals surface area contributed by atoms with E-state index in [0.29, 0.717) is 4.75 Å². The van der Waals surface area contributed by atoms with Gasteiger partial charge >= 0.3 is 0 Å². The maximum absolute atomic E-state index is 6.38. The fourth-order valence-corrected chi connectivity index (χ4v) is 4.50. The lowest BCUT2D eigenvalue weighted by atomic mass is 9.88. The van der Waals surface area contributed by atoms with Gasteiger partial charge in [0, 0.05) is 17.5 Å². The molecule has 0 saturated heterocycles. The van der Waals surface area contributed by atoms with Crippen LogP contribution in [-0.4, -0.2) is 25.5 Å². The summed E-state index contributed by atoms with van der Waals surface area (Å²) >= 11 is 8.39. The van der Waals surface area contributed by atoms with E-state index in [1.807, 2.05) is 31.1 Å². The molecule has 1 fully saturated rings. The maximum atomic E-state index is 6.38. The van der Waals surface area contributed by atoms with Gasteiger partial charge in [-0.25, -0.2) is 4.98 Å². The monoisotopic (exact) mass is 323 g/mol. The zero-order chi connectivity index (χ0) is 14.9. The van der Waals surface area contributed by atoms with Gasteiger partial charge in [-0.1, -0.05) is 19.3 Å². The van der Waals surface area contributed by atoms with E-state index in [2.05, 4.69) is 21.9 Å². The van der Waals surface area contributed by atoms with Crippen molar-refractivity contribution in [2.24, 2.45) is 0 Å². The number of imidazole rings is 1. The van der Waals surface area contributed by atoms with Gasteiger partial charge in [0.15, 0.2) is 0 Å². The molecule has 0 aliphatic heterocycles. The van der Waals surface area contributed by atoms with E-state index < -0.39 is 0 Å². The normalized spacial score (nSPS) is 19.8. The lowest BCUT2D eigenvalue weighted by Crippen LogP contribution is -2.33. The van der Waals surface area contributed by atoms with Crippen LogP contribution in [0.15, 0.2) is 18.5 Å². The highest BCUT2D eigenvalue weighted by Gasteiger charge is 2.33. The molecule has 0 N–H and O–H groups in total. The summed E-state index contributed by atoms with van der Waals surface area (Å²) in [7, 11) is 0. The van der Waals surface area contributed by atoms with Gasteiger partial charge in [0.25, 0.3) is 0 Å². The number of thioether (sulfide) groups is 1. The number of alkyl halides is 1. The lowest BCUT2D eigenvalue weighted by Gasteiger charge is -2.36. The quantitative estimate of drug-likeness (QED) is 0.757. The molecule has 2 heterocycles. The van der Waals surface area contributed by atoms with E-state index in [1.54, 1.807) is 0 Å². The molecule has 0 radical (unpaired) electrons. The predicted molar refractivity (Wildman–Crippen MR) is 91.1 cm³/mol. The molecule has 5 heteroatoms. The highest BCUT2D eigenvalue weighted by atomic mass is 35.5. The number of pyridine rings is 1. The Hall–Kier alpha value is -0.740. The molecule has 114 valence electrons. The smallest absolute Gasteiger partial charge is 0.127 e. The van der Waals surface area contributed by atoms with Crippen molar-refractivity contribution in [1.29, 1.82) is 0 Å². The molecule has 1 atom stereocenters. The highest BCUT2D eigenvalue weighted by molar-refractivity contribution is 8.00. The SMILES string of the molecule is CSC1(Cn2c(C(C)Cl)nc3cnccc32)CCCCC1. The second kappa shape index (κ2) is 6.17. The number of nitrogens with zero attached hydrogens (tertiary/aromatic N) is 3. The Labute approximate surface area is 135 Å². The fraction of sp³-hybridized carbons (Fsp3) is 0.625. The van der Waals surface area contributed by atoms with Gasteiger partial charge in [-0.2, -0.15) is 11.8 Å². The number of rotatable bonds is 4. The molecule has 2 aromatic rings. The average Bonchev–Trinajstić information content (AvgIpc) is 2.87. The van der Waals surface area contributed by atoms with E-state index in [1.165, 1.54) is 32.1 Å². The molecule has 21 heavy (non-hydrogen) atoms. The summed E-state index contributed by atoms with van der Waals surface area (Å²) in [6.07, 6.45) is 12.5. The number of fused-ring (bicyclic) bond motifs is 1. The minimum atomic E-state index is -0.0834. The Bertz CT molecular complexity index is 617. The standard InChI is InChI=1S/C16H22ClN3S/c1-12(17)15-19-13-10-18-9-6-14(13)20(15)11-16(21-2)7-4-3-5-8-16/h6,9-10,12H,3-5,7-8,11H2,1-2H3. The summed E-state index contributed by atoms with van der Waals surface area (Å²) in [4.78, 5) is 8.89. The number of aromatic nitrogens is 3. The predicted octanol–water partition coefficient (Wildman–Crippen LogP) is 4.80. The molecule has 1 unspecified atom stereocenters. The summed E-state index contributed by atoms with van der Waals surface area (Å²) in [5, 5.41) is -0.0834. The average molecular weight is 324 g/mol. The first-order valence-electron chi connectivity index (χ1n) is 7.65. The van der Waals surface area contributed by atoms with Crippen LogP contribution >= 0.6 is 23.4 Å². The topological polar surface area (TPSA) is 30.7 Å². The van der Waals surface area contributed by atoms with Crippen molar-refractivity contribution in [2.45, 2.75) is 55.7 Å². The van der Waals surface area contributed by atoms with Gasteiger partial charge in [0.05, 0.1) is 17.1 Å². The number of halogens is 1. The largest absolute Gasteiger partial charge is 0.325 e. The van der Waals surface area contributed by atoms with Crippen molar-refractivity contribution in [3.63, 3.8) is 0 Å². The van der Waals surface area contributed by atoms with Crippen molar-refractivity contribution in [3.05, 3.63) is 24.3 Å². The summed E-state index contributed by atoms with van der Waals surface area (Å²) < 4.78 is 2.66. The lowest BCUT2D eigenvalue weighted by molar-refractivity contribution is 0.358. The van der Waals surface area contributed by atoms with E-state index in [9.17, 15) is 0 Å². The van der Waals surface area contributed by atoms with Crippen LogP contribution in [0.5, 0.6) is 0 Å². The molecule has 0 amide bonds. The third kappa shape index (κ3) is 2.93. The van der Waals surface area contributed by atoms with Gasteiger partial charge in [-0.3, -0.25) is 4.98 Å². The van der Waals surface area contributed by atoms with E-state index >= 15 is 0 Å². The first-order valence-corrected chi connectivity index (χ1v) is 9.31. The highest BCUT2D eigenvalue weighted by Crippen LogP contribution is 2.41. The minimum absolute atomic E-state index is 0.0834. The second-order valence-electron chi connectivity index (χ2n) is 5.98. The first kappa shape index (κ1) is 15.2. The van der Waals surface area contributed by atoms with Gasteiger partial charge in [0.2, 0.25) is 0 Å². The van der Waals surface area contributed by atoms with Crippen LogP contribution in [0.3, 0.4) is 0 Å². The Morgan fingerprint density at radius 2 is 2.14 bits per heavy atom. The summed E-state index contributed by atoms with van der Waals surface area (Å²) in [6, 6.07) is 2.06. The Morgan fingerprint density at radius 3 is 2.81 bits per heavy atom. The molecule has 2 aromatic heterocycles. The van der Waals surface area contributed by atoms with Crippen molar-refractivity contribution in [1.82, 2.24) is 14.5 Å². The van der Waals surface area contributed by atoms with Crippen LogP contribution < -0.4 is 0 Å². The van der Waals surface area contributed by atoms with Gasteiger partial charge in [-0.15, -0.1) is 11.6 Å². The summed E-state index contributed by atoms with van der Waals surface area (Å²) in [5.74, 6) is 0.971. The Balaban J connectivity index is 2.03. The molecular weight excluding hydrogens is 302 g/mol. The first-order chi connectivity index (χ1) is 10.2. The van der Waals surface area contributed by atoms with Crippen LogP contribution in [0, 0.1) is 0 Å². The van der Waals surface area contributed by atoms with E-state index in [4.69, 9.17) is 16.6 Å². The van der Waals surface area contributed by atoms with Crippen LogP contribution in [0.4, 0.5) is 0 Å². The third-order valence-electron chi connectivity index (χ3n) is 4.58. The van der Waals surface area contributed by atoms with Crippen LogP contribution in [-0.2, 0) is 6.54 Å². The zero-order valence-corrected chi connectivity index (χ0v) is 14.3. The molecule has 0 bridgehead atoms. The molecule has 1 saturated carbocycles. The zero-order valence-electron chi connectivity index (χ0n) is 12.7. The summed E-state index contributed by atoms with van der Waals surface area (Å²) in [5.41, 5.74) is 2.11. The van der Waals surface area contributed by atoms with Crippen molar-refractivity contribution < 1.29 is 0 Å². The molecule has 1 aliphatic rings. The molecule has 0 aromatic carbocycles. The molecule has 0 spiro atoms. The Kier molecular flexibility index (Phi) is 4.46. The fourth-order valence-electron chi connectivity index (χ4n) is 3.38. The molecule has 3 nitrogen and oxygen atoms in total. The van der Waals surface area contributed by atoms with E-state index in [-0.39, 0.29) is 5.38 Å². The van der Waals surface area contributed by atoms with Gasteiger partial charge in [-0.05, 0) is 32.1 Å². The number of hydrogen-bond acceptors (Lipinski definition) is 3. The Morgan fingerprint density at radius 1 is 1.38 bits per heavy atom. The van der Waals surface area contributed by atoms with E-state index in [0.717, 1.165) is 23.4 Å². The van der Waals surface area contributed by atoms with Crippen molar-refractivity contribution in [2.75, 3.05) is 6.26 Å². The third-order valence-corrected chi connectivity index (χ3v) is 6.18. The number of hydrogen-bond donors (Lipinski definition) is 0. The summed E-state index contributed by atoms with van der Waals surface area (Å²) in [6.45, 7) is 3.00. The van der Waals surface area contributed by atoms with Crippen molar-refractivity contribution in [3.8, 4) is 0 Å². The van der Waals surface area contributed by atoms with Crippen molar-refractivity contribution >= 4 is 34.4 Å². The maximum Gasteiger partial charge on any atom is 0.127 e. The second-order valence-corrected chi connectivity index (χ2v) is 7.91. The molecular formula is C16H22ClN3S. The van der Waals surface area contributed by atoms with Gasteiger partial charge in [0.1, 0.15) is 11.3 Å². The molecule has 1 aliphatic carbocycles. The van der Waals surface area contributed by atoms with Crippen LogP contribution in [0.2, 0.25) is 0 Å².